The minimum atomic E-state index is 0.144. The Hall–Kier alpha value is -3.74. The number of allylic oxidation sites excluding steroid dienone is 3. The first-order valence-electron chi connectivity index (χ1n) is 8.90. The van der Waals surface area contributed by atoms with Crippen LogP contribution in [0, 0.1) is 29.6 Å². The standard InChI is InChI=1S/C23H16N4OS/c1-13-17(10-15-8-9-20(28-15)29-16-6-4-3-5-7-16)21-14(2)19(12-25)23(26)27-22(21)18(13)11-24/h3-10H,1-2H3,(H2,26,27). The zero-order valence-electron chi connectivity index (χ0n) is 15.9. The van der Waals surface area contributed by atoms with Gasteiger partial charge >= 0.3 is 0 Å². The third kappa shape index (κ3) is 3.20. The van der Waals surface area contributed by atoms with Gasteiger partial charge in [0.15, 0.2) is 5.09 Å². The molecule has 0 unspecified atom stereocenters. The van der Waals surface area contributed by atoms with Crippen molar-refractivity contribution in [1.82, 2.24) is 4.98 Å². The molecule has 6 heteroatoms. The molecule has 0 atom stereocenters. The predicted octanol–water partition coefficient (Wildman–Crippen LogP) is 5.44. The summed E-state index contributed by atoms with van der Waals surface area (Å²) in [5, 5.41) is 19.9. The molecule has 0 saturated carbocycles. The van der Waals surface area contributed by atoms with E-state index in [9.17, 15) is 10.5 Å². The molecular formula is C23H16N4OS. The van der Waals surface area contributed by atoms with Crippen molar-refractivity contribution in [3.8, 4) is 12.1 Å². The quantitative estimate of drug-likeness (QED) is 0.633. The molecule has 2 aromatic heterocycles. The zero-order chi connectivity index (χ0) is 20.5. The Morgan fingerprint density at radius 2 is 1.83 bits per heavy atom. The summed E-state index contributed by atoms with van der Waals surface area (Å²) >= 11 is 1.54. The molecule has 1 aliphatic rings. The van der Waals surface area contributed by atoms with E-state index >= 15 is 0 Å². The highest BCUT2D eigenvalue weighted by molar-refractivity contribution is 7.99. The minimum Gasteiger partial charge on any atom is -0.450 e. The van der Waals surface area contributed by atoms with E-state index in [2.05, 4.69) is 17.1 Å². The Balaban J connectivity index is 1.79. The molecule has 5 nitrogen and oxygen atoms in total. The van der Waals surface area contributed by atoms with Crippen LogP contribution in [0.3, 0.4) is 0 Å². The number of nitrogens with zero attached hydrogens (tertiary/aromatic N) is 3. The van der Waals surface area contributed by atoms with E-state index in [4.69, 9.17) is 10.2 Å². The molecule has 0 spiro atoms. The number of furan rings is 1. The maximum absolute atomic E-state index is 9.64. The second-order valence-electron chi connectivity index (χ2n) is 6.57. The van der Waals surface area contributed by atoms with Crippen molar-refractivity contribution in [3.05, 3.63) is 76.2 Å². The predicted molar refractivity (Wildman–Crippen MR) is 113 cm³/mol. The van der Waals surface area contributed by atoms with Gasteiger partial charge in [-0.15, -0.1) is 0 Å². The van der Waals surface area contributed by atoms with Gasteiger partial charge in [-0.2, -0.15) is 10.5 Å². The molecule has 0 aliphatic heterocycles. The number of nitriles is 2. The van der Waals surface area contributed by atoms with Crippen LogP contribution in [0.1, 0.15) is 35.1 Å². The van der Waals surface area contributed by atoms with Gasteiger partial charge in [-0.05, 0) is 60.9 Å². The monoisotopic (exact) mass is 396 g/mol. The third-order valence-electron chi connectivity index (χ3n) is 4.83. The van der Waals surface area contributed by atoms with Gasteiger partial charge in [0.1, 0.15) is 23.7 Å². The van der Waals surface area contributed by atoms with Crippen LogP contribution < -0.4 is 5.73 Å². The van der Waals surface area contributed by atoms with E-state index in [1.54, 1.807) is 0 Å². The van der Waals surface area contributed by atoms with Crippen molar-refractivity contribution < 1.29 is 4.42 Å². The first-order chi connectivity index (χ1) is 14.0. The molecule has 0 saturated heterocycles. The second kappa shape index (κ2) is 7.35. The largest absolute Gasteiger partial charge is 0.450 e. The normalized spacial score (nSPS) is 14.0. The Bertz CT molecular complexity index is 1270. The van der Waals surface area contributed by atoms with Crippen LogP contribution in [-0.4, -0.2) is 4.98 Å². The van der Waals surface area contributed by atoms with E-state index in [0.29, 0.717) is 22.6 Å². The zero-order valence-corrected chi connectivity index (χ0v) is 16.7. The fourth-order valence-electron chi connectivity index (χ4n) is 3.41. The highest BCUT2D eigenvalue weighted by Gasteiger charge is 2.29. The molecule has 1 aliphatic carbocycles. The lowest BCUT2D eigenvalue weighted by atomic mass is 9.96. The lowest BCUT2D eigenvalue weighted by Crippen LogP contribution is -2.03. The van der Waals surface area contributed by atoms with Gasteiger partial charge in [0.2, 0.25) is 0 Å². The molecule has 1 aromatic carbocycles. The van der Waals surface area contributed by atoms with E-state index in [1.807, 2.05) is 62.4 Å². The molecule has 0 amide bonds. The van der Waals surface area contributed by atoms with Crippen LogP contribution in [0.4, 0.5) is 5.82 Å². The molecular weight excluding hydrogens is 380 g/mol. The molecule has 140 valence electrons. The van der Waals surface area contributed by atoms with Crippen molar-refractivity contribution in [2.75, 3.05) is 5.73 Å². The number of benzene rings is 1. The first kappa shape index (κ1) is 18.6. The summed E-state index contributed by atoms with van der Waals surface area (Å²) in [5.41, 5.74) is 10.4. The summed E-state index contributed by atoms with van der Waals surface area (Å²) in [4.78, 5) is 5.43. The highest BCUT2D eigenvalue weighted by atomic mass is 32.2. The summed E-state index contributed by atoms with van der Waals surface area (Å²) in [7, 11) is 0. The third-order valence-corrected chi connectivity index (χ3v) is 5.76. The molecule has 4 rings (SSSR count). The molecule has 0 bridgehead atoms. The molecule has 2 heterocycles. The number of fused-ring (bicyclic) bond motifs is 1. The van der Waals surface area contributed by atoms with E-state index in [1.165, 1.54) is 11.8 Å². The lowest BCUT2D eigenvalue weighted by Gasteiger charge is -2.10. The number of hydrogen-bond donors (Lipinski definition) is 1. The average Bonchev–Trinajstić information content (AvgIpc) is 3.25. The Labute approximate surface area is 172 Å². The van der Waals surface area contributed by atoms with Gasteiger partial charge in [-0.3, -0.25) is 0 Å². The fourth-order valence-corrected chi connectivity index (χ4v) is 4.21. The number of rotatable bonds is 3. The van der Waals surface area contributed by atoms with Crippen LogP contribution in [-0.2, 0) is 0 Å². The minimum absolute atomic E-state index is 0.144. The van der Waals surface area contributed by atoms with Gasteiger partial charge in [0.25, 0.3) is 0 Å². The summed E-state index contributed by atoms with van der Waals surface area (Å²) in [6.45, 7) is 3.70. The molecule has 0 radical (unpaired) electrons. The first-order valence-corrected chi connectivity index (χ1v) is 9.71. The van der Waals surface area contributed by atoms with Crippen LogP contribution in [0.2, 0.25) is 0 Å². The summed E-state index contributed by atoms with van der Waals surface area (Å²) in [5.74, 6) is 0.808. The Kier molecular flexibility index (Phi) is 4.72. The SMILES string of the molecule is CC1=C(C#N)c2nc(N)c(C#N)c(C)c2C1=Cc1ccc(Sc2ccccc2)o1. The van der Waals surface area contributed by atoms with Crippen LogP contribution in [0.15, 0.2) is 62.4 Å². The number of anilines is 1. The Morgan fingerprint density at radius 3 is 2.52 bits per heavy atom. The Morgan fingerprint density at radius 1 is 1.07 bits per heavy atom. The smallest absolute Gasteiger partial charge is 0.165 e. The van der Waals surface area contributed by atoms with Crippen LogP contribution in [0.25, 0.3) is 17.2 Å². The number of hydrogen-bond acceptors (Lipinski definition) is 6. The fraction of sp³-hybridized carbons (Fsp3) is 0.0870. The van der Waals surface area contributed by atoms with Crippen LogP contribution >= 0.6 is 11.8 Å². The van der Waals surface area contributed by atoms with Crippen molar-refractivity contribution in [1.29, 1.82) is 10.5 Å². The van der Waals surface area contributed by atoms with Gasteiger partial charge < -0.3 is 10.2 Å². The number of nitrogen functional groups attached to an aromatic ring is 1. The maximum Gasteiger partial charge on any atom is 0.165 e. The highest BCUT2D eigenvalue weighted by Crippen LogP contribution is 2.44. The van der Waals surface area contributed by atoms with Gasteiger partial charge in [0, 0.05) is 10.5 Å². The average molecular weight is 396 g/mol. The molecule has 29 heavy (non-hydrogen) atoms. The van der Waals surface area contributed by atoms with Crippen molar-refractivity contribution >= 4 is 34.8 Å². The second-order valence-corrected chi connectivity index (χ2v) is 7.65. The summed E-state index contributed by atoms with van der Waals surface area (Å²) < 4.78 is 5.97. The van der Waals surface area contributed by atoms with Crippen molar-refractivity contribution in [3.63, 3.8) is 0 Å². The van der Waals surface area contributed by atoms with Crippen molar-refractivity contribution in [2.24, 2.45) is 0 Å². The van der Waals surface area contributed by atoms with E-state index < -0.39 is 0 Å². The maximum atomic E-state index is 9.64. The molecule has 2 N–H and O–H groups in total. The molecule has 3 aromatic rings. The summed E-state index contributed by atoms with van der Waals surface area (Å²) in [6.07, 6.45) is 1.89. The number of nitrogens with two attached hydrogens (primary N) is 1. The number of pyridine rings is 1. The van der Waals surface area contributed by atoms with E-state index in [0.717, 1.165) is 32.3 Å². The van der Waals surface area contributed by atoms with Gasteiger partial charge in [-0.1, -0.05) is 30.0 Å². The van der Waals surface area contributed by atoms with Gasteiger partial charge in [-0.25, -0.2) is 4.98 Å². The van der Waals surface area contributed by atoms with Crippen LogP contribution in [0.5, 0.6) is 0 Å². The lowest BCUT2D eigenvalue weighted by molar-refractivity contribution is 0.466. The van der Waals surface area contributed by atoms with E-state index in [-0.39, 0.29) is 5.82 Å². The van der Waals surface area contributed by atoms with Gasteiger partial charge in [0.05, 0.1) is 16.8 Å². The topological polar surface area (TPSA) is 99.6 Å². The summed E-state index contributed by atoms with van der Waals surface area (Å²) in [6, 6.07) is 18.1. The van der Waals surface area contributed by atoms with Crippen molar-refractivity contribution in [2.45, 2.75) is 23.8 Å². The number of aromatic nitrogens is 1. The molecule has 0 fully saturated rings.